The normalized spacial score (nSPS) is 15.8. The summed E-state index contributed by atoms with van der Waals surface area (Å²) in [7, 11) is 0. The molecule has 0 radical (unpaired) electrons. The summed E-state index contributed by atoms with van der Waals surface area (Å²) in [6.45, 7) is 6.54. The number of unbranched alkanes of at least 4 members (excludes halogenated alkanes) is 9. The fraction of sp³-hybridized carbons (Fsp3) is 0.548. The average Bonchev–Trinajstić information content (AvgIpc) is 3.46. The van der Waals surface area contributed by atoms with Crippen LogP contribution < -0.4 is 9.64 Å². The van der Waals surface area contributed by atoms with E-state index in [1.54, 1.807) is 0 Å². The molecule has 1 aliphatic heterocycles. The van der Waals surface area contributed by atoms with Gasteiger partial charge < -0.3 is 14.2 Å². The van der Waals surface area contributed by atoms with Crippen LogP contribution >= 0.6 is 0 Å². The molecule has 2 heterocycles. The Balaban J connectivity index is 1.36. The number of aryl methyl sites for hydroxylation is 1. The van der Waals surface area contributed by atoms with E-state index in [1.807, 2.05) is 36.1 Å². The molecule has 1 fully saturated rings. The number of para-hydroxylation sites is 2. The Kier molecular flexibility index (Phi) is 9.83. The van der Waals surface area contributed by atoms with Crippen molar-refractivity contribution in [1.29, 1.82) is 0 Å². The highest BCUT2D eigenvalue weighted by Crippen LogP contribution is 2.34. The zero-order chi connectivity index (χ0) is 25.2. The van der Waals surface area contributed by atoms with Gasteiger partial charge in [-0.15, -0.1) is 0 Å². The molecule has 1 unspecified atom stereocenters. The summed E-state index contributed by atoms with van der Waals surface area (Å²) < 4.78 is 7.95. The maximum absolute atomic E-state index is 13.0. The first kappa shape index (κ1) is 26.2. The molecule has 3 aromatic rings. The minimum absolute atomic E-state index is 0.111. The smallest absolute Gasteiger partial charge is 0.227 e. The van der Waals surface area contributed by atoms with Crippen LogP contribution in [0.2, 0.25) is 0 Å². The molecule has 1 atom stereocenters. The highest BCUT2D eigenvalue weighted by atomic mass is 16.5. The van der Waals surface area contributed by atoms with Crippen LogP contribution in [0.1, 0.15) is 96.2 Å². The van der Waals surface area contributed by atoms with Crippen LogP contribution in [0, 0.1) is 0 Å². The van der Waals surface area contributed by atoms with Crippen LogP contribution in [0.4, 0.5) is 5.69 Å². The number of nitrogens with zero attached hydrogens (tertiary/aromatic N) is 3. The van der Waals surface area contributed by atoms with Gasteiger partial charge in [-0.25, -0.2) is 4.98 Å². The molecule has 5 heteroatoms. The maximum Gasteiger partial charge on any atom is 0.227 e. The first-order chi connectivity index (χ1) is 17.7. The van der Waals surface area contributed by atoms with E-state index in [0.29, 0.717) is 19.6 Å². The van der Waals surface area contributed by atoms with Crippen molar-refractivity contribution < 1.29 is 9.53 Å². The maximum atomic E-state index is 13.0. The number of anilines is 1. The largest absolute Gasteiger partial charge is 0.494 e. The van der Waals surface area contributed by atoms with Crippen molar-refractivity contribution in [2.75, 3.05) is 18.1 Å². The van der Waals surface area contributed by atoms with Gasteiger partial charge in [0.2, 0.25) is 5.91 Å². The van der Waals surface area contributed by atoms with Crippen LogP contribution in [-0.4, -0.2) is 28.6 Å². The molecule has 0 bridgehead atoms. The van der Waals surface area contributed by atoms with Gasteiger partial charge in [-0.05, 0) is 49.7 Å². The van der Waals surface area contributed by atoms with Crippen molar-refractivity contribution in [1.82, 2.24) is 9.55 Å². The highest BCUT2D eigenvalue weighted by Gasteiger charge is 2.34. The number of hydrogen-bond donors (Lipinski definition) is 0. The Bertz CT molecular complexity index is 1090. The molecule has 0 saturated carbocycles. The molecule has 0 spiro atoms. The van der Waals surface area contributed by atoms with Crippen LogP contribution in [0.15, 0.2) is 48.5 Å². The van der Waals surface area contributed by atoms with Crippen molar-refractivity contribution in [2.45, 2.75) is 96.9 Å². The Labute approximate surface area is 216 Å². The first-order valence-corrected chi connectivity index (χ1v) is 14.2. The number of ether oxygens (including phenoxy) is 1. The lowest BCUT2D eigenvalue weighted by molar-refractivity contribution is -0.117. The highest BCUT2D eigenvalue weighted by molar-refractivity contribution is 5.96. The first-order valence-electron chi connectivity index (χ1n) is 14.2. The number of amides is 1. The standard InChI is InChI=1S/C31H43N3O2/c1-3-5-6-7-8-9-10-11-12-15-22-33-29-17-14-13-16-28(29)32-31(33)25-23-30(35)34(24-25)26-18-20-27(21-19-26)36-4-2/h13-14,16-21,25H,3-12,15,22-24H2,1-2H3. The Morgan fingerprint density at radius 3 is 2.22 bits per heavy atom. The summed E-state index contributed by atoms with van der Waals surface area (Å²) in [5, 5.41) is 0. The Hall–Kier alpha value is -2.82. The van der Waals surface area contributed by atoms with Crippen molar-refractivity contribution in [3.63, 3.8) is 0 Å². The molecule has 4 rings (SSSR count). The lowest BCUT2D eigenvalue weighted by atomic mass is 10.1. The van der Waals surface area contributed by atoms with Gasteiger partial charge in [0.25, 0.3) is 0 Å². The molecular formula is C31H43N3O2. The molecule has 5 nitrogen and oxygen atoms in total. The second-order valence-electron chi connectivity index (χ2n) is 10.1. The van der Waals surface area contributed by atoms with E-state index in [1.165, 1.54) is 63.3 Å². The van der Waals surface area contributed by atoms with Crippen molar-refractivity contribution in [2.24, 2.45) is 0 Å². The topological polar surface area (TPSA) is 47.4 Å². The number of rotatable bonds is 15. The fourth-order valence-electron chi connectivity index (χ4n) is 5.42. The summed E-state index contributed by atoms with van der Waals surface area (Å²) in [5.74, 6) is 2.18. The van der Waals surface area contributed by atoms with Crippen LogP contribution in [0.5, 0.6) is 5.75 Å². The monoisotopic (exact) mass is 489 g/mol. The number of carbonyl (C=O) groups excluding carboxylic acids is 1. The number of imidazole rings is 1. The SMILES string of the molecule is CCCCCCCCCCCCn1c(C2CC(=O)N(c3ccc(OCC)cc3)C2)nc2ccccc21. The van der Waals surface area contributed by atoms with E-state index in [0.717, 1.165) is 35.7 Å². The molecule has 36 heavy (non-hydrogen) atoms. The van der Waals surface area contributed by atoms with E-state index in [4.69, 9.17) is 9.72 Å². The van der Waals surface area contributed by atoms with Gasteiger partial charge in [-0.1, -0.05) is 76.8 Å². The minimum atomic E-state index is 0.111. The van der Waals surface area contributed by atoms with Gasteiger partial charge in [0.05, 0.1) is 17.6 Å². The van der Waals surface area contributed by atoms with E-state index >= 15 is 0 Å². The quantitative estimate of drug-likeness (QED) is 0.204. The van der Waals surface area contributed by atoms with Gasteiger partial charge >= 0.3 is 0 Å². The number of carbonyl (C=O) groups is 1. The molecule has 1 amide bonds. The number of hydrogen-bond acceptors (Lipinski definition) is 3. The van der Waals surface area contributed by atoms with Gasteiger partial charge in [-0.3, -0.25) is 4.79 Å². The number of fused-ring (bicyclic) bond motifs is 1. The van der Waals surface area contributed by atoms with Gasteiger partial charge in [0.1, 0.15) is 11.6 Å². The summed E-state index contributed by atoms with van der Waals surface area (Å²) >= 11 is 0. The summed E-state index contributed by atoms with van der Waals surface area (Å²) in [6.07, 6.45) is 13.8. The second-order valence-corrected chi connectivity index (χ2v) is 10.1. The fourth-order valence-corrected chi connectivity index (χ4v) is 5.42. The zero-order valence-electron chi connectivity index (χ0n) is 22.3. The number of aromatic nitrogens is 2. The zero-order valence-corrected chi connectivity index (χ0v) is 22.3. The molecule has 1 saturated heterocycles. The van der Waals surface area contributed by atoms with Crippen LogP contribution in [0.25, 0.3) is 11.0 Å². The van der Waals surface area contributed by atoms with Crippen molar-refractivity contribution in [3.8, 4) is 5.75 Å². The lowest BCUT2D eigenvalue weighted by Crippen LogP contribution is -2.24. The molecular weight excluding hydrogens is 446 g/mol. The predicted molar refractivity (Wildman–Crippen MR) is 149 cm³/mol. The van der Waals surface area contributed by atoms with E-state index in [2.05, 4.69) is 35.8 Å². The molecule has 194 valence electrons. The van der Waals surface area contributed by atoms with Gasteiger partial charge in [-0.2, -0.15) is 0 Å². The number of benzene rings is 2. The van der Waals surface area contributed by atoms with E-state index in [-0.39, 0.29) is 11.8 Å². The predicted octanol–water partition coefficient (Wildman–Crippen LogP) is 7.88. The Morgan fingerprint density at radius 2 is 1.53 bits per heavy atom. The second kappa shape index (κ2) is 13.5. The lowest BCUT2D eigenvalue weighted by Gasteiger charge is -2.18. The van der Waals surface area contributed by atoms with Crippen LogP contribution in [-0.2, 0) is 11.3 Å². The van der Waals surface area contributed by atoms with Gasteiger partial charge in [0.15, 0.2) is 0 Å². The third-order valence-corrected chi connectivity index (χ3v) is 7.37. The molecule has 0 N–H and O–H groups in total. The van der Waals surface area contributed by atoms with E-state index < -0.39 is 0 Å². The van der Waals surface area contributed by atoms with Crippen molar-refractivity contribution in [3.05, 3.63) is 54.4 Å². The average molecular weight is 490 g/mol. The molecule has 1 aliphatic rings. The minimum Gasteiger partial charge on any atom is -0.494 e. The van der Waals surface area contributed by atoms with Crippen LogP contribution in [0.3, 0.4) is 0 Å². The summed E-state index contributed by atoms with van der Waals surface area (Å²) in [5.41, 5.74) is 3.16. The Morgan fingerprint density at radius 1 is 0.861 bits per heavy atom. The molecule has 2 aromatic carbocycles. The summed E-state index contributed by atoms with van der Waals surface area (Å²) in [4.78, 5) is 19.9. The third-order valence-electron chi connectivity index (χ3n) is 7.37. The third kappa shape index (κ3) is 6.68. The van der Waals surface area contributed by atoms with Crippen molar-refractivity contribution >= 4 is 22.6 Å². The molecule has 1 aromatic heterocycles. The summed E-state index contributed by atoms with van der Waals surface area (Å²) in [6, 6.07) is 16.3. The van der Waals surface area contributed by atoms with Gasteiger partial charge in [0, 0.05) is 31.1 Å². The van der Waals surface area contributed by atoms with E-state index in [9.17, 15) is 4.79 Å². The molecule has 0 aliphatic carbocycles.